The van der Waals surface area contributed by atoms with E-state index in [2.05, 4.69) is 20.8 Å². The molecule has 1 unspecified atom stereocenters. The van der Waals surface area contributed by atoms with Crippen molar-refractivity contribution in [2.24, 2.45) is 5.92 Å². The Morgan fingerprint density at radius 1 is 1.12 bits per heavy atom. The van der Waals surface area contributed by atoms with E-state index in [0.29, 0.717) is 5.92 Å². The summed E-state index contributed by atoms with van der Waals surface area (Å²) in [5.41, 5.74) is 0.981. The van der Waals surface area contributed by atoms with Gasteiger partial charge in [-0.3, -0.25) is 0 Å². The molecule has 0 heterocycles. The molecular formula is C15H24O2. The van der Waals surface area contributed by atoms with Crippen LogP contribution in [0.2, 0.25) is 0 Å². The van der Waals surface area contributed by atoms with E-state index in [1.165, 1.54) is 0 Å². The highest BCUT2D eigenvalue weighted by molar-refractivity contribution is 5.28. The van der Waals surface area contributed by atoms with Gasteiger partial charge in [0.1, 0.15) is 5.75 Å². The molecule has 0 radical (unpaired) electrons. The maximum absolute atomic E-state index is 10.00. The third-order valence-electron chi connectivity index (χ3n) is 2.76. The van der Waals surface area contributed by atoms with Gasteiger partial charge in [-0.05, 0) is 42.9 Å². The smallest absolute Gasteiger partial charge is 0.119 e. The van der Waals surface area contributed by atoms with Crippen LogP contribution in [0.25, 0.3) is 0 Å². The molecule has 17 heavy (non-hydrogen) atoms. The number of ether oxygens (including phenoxy) is 1. The van der Waals surface area contributed by atoms with Crippen LogP contribution in [0.15, 0.2) is 24.3 Å². The Balaban J connectivity index is 2.48. The quantitative estimate of drug-likeness (QED) is 0.777. The van der Waals surface area contributed by atoms with Crippen LogP contribution in [-0.4, -0.2) is 11.7 Å². The van der Waals surface area contributed by atoms with Crippen LogP contribution < -0.4 is 4.74 Å². The van der Waals surface area contributed by atoms with Gasteiger partial charge in [0.15, 0.2) is 0 Å². The fraction of sp³-hybridized carbons (Fsp3) is 0.600. The second-order valence-electron chi connectivity index (χ2n) is 4.90. The van der Waals surface area contributed by atoms with E-state index < -0.39 is 0 Å². The maximum atomic E-state index is 10.00. The topological polar surface area (TPSA) is 29.5 Å². The summed E-state index contributed by atoms with van der Waals surface area (Å²) in [5, 5.41) is 10.00. The van der Waals surface area contributed by atoms with Crippen molar-refractivity contribution >= 4 is 0 Å². The Hall–Kier alpha value is -1.02. The molecule has 1 atom stereocenters. The number of hydrogen-bond donors (Lipinski definition) is 1. The molecule has 0 aliphatic carbocycles. The summed E-state index contributed by atoms with van der Waals surface area (Å²) in [6, 6.07) is 7.78. The van der Waals surface area contributed by atoms with E-state index in [-0.39, 0.29) is 6.10 Å². The van der Waals surface area contributed by atoms with Gasteiger partial charge in [-0.1, -0.05) is 32.9 Å². The molecule has 96 valence electrons. The molecule has 0 aliphatic rings. The molecule has 0 spiro atoms. The lowest BCUT2D eigenvalue weighted by Crippen LogP contribution is -2.00. The van der Waals surface area contributed by atoms with E-state index in [1.807, 2.05) is 24.3 Å². The van der Waals surface area contributed by atoms with Crippen LogP contribution in [0.3, 0.4) is 0 Å². The van der Waals surface area contributed by atoms with Crippen molar-refractivity contribution in [3.8, 4) is 5.75 Å². The van der Waals surface area contributed by atoms with Crippen molar-refractivity contribution in [3.63, 3.8) is 0 Å². The number of benzene rings is 1. The normalized spacial score (nSPS) is 12.8. The minimum absolute atomic E-state index is 0.349. The molecule has 1 N–H and O–H groups in total. The van der Waals surface area contributed by atoms with E-state index in [0.717, 1.165) is 37.2 Å². The molecule has 1 rings (SSSR count). The van der Waals surface area contributed by atoms with Gasteiger partial charge in [0, 0.05) is 0 Å². The summed E-state index contributed by atoms with van der Waals surface area (Å²) in [7, 11) is 0. The second-order valence-corrected chi connectivity index (χ2v) is 4.90. The van der Waals surface area contributed by atoms with E-state index in [9.17, 15) is 5.11 Å². The fourth-order valence-corrected chi connectivity index (χ4v) is 1.66. The summed E-state index contributed by atoms with van der Waals surface area (Å²) < 4.78 is 5.51. The highest BCUT2D eigenvalue weighted by atomic mass is 16.5. The lowest BCUT2D eigenvalue weighted by Gasteiger charge is -2.13. The summed E-state index contributed by atoms with van der Waals surface area (Å²) in [4.78, 5) is 0. The molecule has 0 bridgehead atoms. The molecule has 0 aromatic heterocycles. The van der Waals surface area contributed by atoms with Gasteiger partial charge >= 0.3 is 0 Å². The average Bonchev–Trinajstić information content (AvgIpc) is 2.34. The van der Waals surface area contributed by atoms with Crippen LogP contribution in [0.5, 0.6) is 5.75 Å². The minimum atomic E-state index is -0.349. The Morgan fingerprint density at radius 3 is 2.29 bits per heavy atom. The molecular weight excluding hydrogens is 212 g/mol. The Kier molecular flexibility index (Phi) is 6.06. The largest absolute Gasteiger partial charge is 0.494 e. The average molecular weight is 236 g/mol. The second kappa shape index (κ2) is 7.33. The molecule has 0 fully saturated rings. The highest BCUT2D eigenvalue weighted by Crippen LogP contribution is 2.23. The first-order valence-electron chi connectivity index (χ1n) is 6.54. The van der Waals surface area contributed by atoms with Crippen molar-refractivity contribution < 1.29 is 9.84 Å². The summed E-state index contributed by atoms with van der Waals surface area (Å²) in [5.74, 6) is 1.52. The molecule has 0 amide bonds. The summed E-state index contributed by atoms with van der Waals surface area (Å²) in [6.07, 6.45) is 2.54. The van der Waals surface area contributed by atoms with Crippen molar-refractivity contribution in [3.05, 3.63) is 29.8 Å². The van der Waals surface area contributed by atoms with Gasteiger partial charge in [-0.2, -0.15) is 0 Å². The predicted octanol–water partition coefficient (Wildman–Crippen LogP) is 3.95. The Labute approximate surface area is 105 Å². The first-order chi connectivity index (χ1) is 8.13. The lowest BCUT2D eigenvalue weighted by atomic mass is 10.00. The van der Waals surface area contributed by atoms with E-state index in [1.54, 1.807) is 0 Å². The number of aliphatic hydroxyl groups is 1. The monoisotopic (exact) mass is 236 g/mol. The van der Waals surface area contributed by atoms with Crippen LogP contribution >= 0.6 is 0 Å². The third-order valence-corrected chi connectivity index (χ3v) is 2.76. The minimum Gasteiger partial charge on any atom is -0.494 e. The van der Waals surface area contributed by atoms with Crippen molar-refractivity contribution in [1.29, 1.82) is 0 Å². The number of aliphatic hydroxyl groups excluding tert-OH is 1. The van der Waals surface area contributed by atoms with E-state index >= 15 is 0 Å². The zero-order chi connectivity index (χ0) is 12.7. The standard InChI is InChI=1S/C15H24O2/c1-4-11-17-14-8-6-13(7-9-14)15(16)10-5-12(2)3/h6-9,12,15-16H,4-5,10-11H2,1-3H3. The molecule has 0 saturated carbocycles. The predicted molar refractivity (Wildman–Crippen MR) is 71.3 cm³/mol. The summed E-state index contributed by atoms with van der Waals surface area (Å²) in [6.45, 7) is 7.18. The fourth-order valence-electron chi connectivity index (χ4n) is 1.66. The van der Waals surface area contributed by atoms with Crippen LogP contribution in [-0.2, 0) is 0 Å². The number of rotatable bonds is 7. The molecule has 2 nitrogen and oxygen atoms in total. The molecule has 2 heteroatoms. The van der Waals surface area contributed by atoms with Gasteiger partial charge in [0.05, 0.1) is 12.7 Å². The van der Waals surface area contributed by atoms with Crippen molar-refractivity contribution in [2.75, 3.05) is 6.61 Å². The SMILES string of the molecule is CCCOc1ccc(C(O)CCC(C)C)cc1. The van der Waals surface area contributed by atoms with E-state index in [4.69, 9.17) is 4.74 Å². The van der Waals surface area contributed by atoms with Crippen molar-refractivity contribution in [2.45, 2.75) is 46.1 Å². The van der Waals surface area contributed by atoms with Gasteiger partial charge in [0.2, 0.25) is 0 Å². The molecule has 1 aromatic rings. The van der Waals surface area contributed by atoms with Crippen LogP contribution in [0.4, 0.5) is 0 Å². The van der Waals surface area contributed by atoms with Crippen molar-refractivity contribution in [1.82, 2.24) is 0 Å². The molecule has 0 saturated heterocycles. The zero-order valence-corrected chi connectivity index (χ0v) is 11.1. The molecule has 0 aliphatic heterocycles. The highest BCUT2D eigenvalue weighted by Gasteiger charge is 2.08. The van der Waals surface area contributed by atoms with Gasteiger partial charge in [-0.25, -0.2) is 0 Å². The first kappa shape index (κ1) is 14.0. The zero-order valence-electron chi connectivity index (χ0n) is 11.1. The molecule has 1 aromatic carbocycles. The van der Waals surface area contributed by atoms with Gasteiger partial charge in [-0.15, -0.1) is 0 Å². The first-order valence-corrected chi connectivity index (χ1v) is 6.54. The number of hydrogen-bond acceptors (Lipinski definition) is 2. The summed E-state index contributed by atoms with van der Waals surface area (Å²) >= 11 is 0. The Morgan fingerprint density at radius 2 is 1.76 bits per heavy atom. The van der Waals surface area contributed by atoms with Gasteiger partial charge < -0.3 is 9.84 Å². The third kappa shape index (κ3) is 5.22. The van der Waals surface area contributed by atoms with Crippen LogP contribution in [0, 0.1) is 5.92 Å². The lowest BCUT2D eigenvalue weighted by molar-refractivity contribution is 0.159. The Bertz CT molecular complexity index is 303. The maximum Gasteiger partial charge on any atom is 0.119 e. The van der Waals surface area contributed by atoms with Gasteiger partial charge in [0.25, 0.3) is 0 Å². The van der Waals surface area contributed by atoms with Crippen LogP contribution in [0.1, 0.15) is 51.7 Å².